The molecule has 0 aliphatic carbocycles. The Morgan fingerprint density at radius 3 is 2.75 bits per heavy atom. The Morgan fingerprint density at radius 2 is 2.04 bits per heavy atom. The van der Waals surface area contributed by atoms with Gasteiger partial charge in [-0.1, -0.05) is 6.58 Å². The van der Waals surface area contributed by atoms with Gasteiger partial charge in [0.1, 0.15) is 17.2 Å². The van der Waals surface area contributed by atoms with E-state index in [0.29, 0.717) is 35.8 Å². The summed E-state index contributed by atoms with van der Waals surface area (Å²) in [5.41, 5.74) is 1.50. The highest BCUT2D eigenvalue weighted by Gasteiger charge is 2.23. The van der Waals surface area contributed by atoms with Gasteiger partial charge in [0.15, 0.2) is 0 Å². The standard InChI is InChI=1S/C19H16N2O3/c1-2-19(22)21-17-9-10-23-18-11-15(7-8-16(17)18)24-14-5-3-13(12-20)4-6-14/h2-8,11,17H,1,9-10H2,(H,21,22). The number of benzene rings is 2. The van der Waals surface area contributed by atoms with Crippen LogP contribution in [0.2, 0.25) is 0 Å². The number of nitriles is 1. The number of amides is 1. The first-order valence-corrected chi connectivity index (χ1v) is 7.57. The van der Waals surface area contributed by atoms with E-state index in [0.717, 1.165) is 5.56 Å². The molecule has 1 amide bonds. The fraction of sp³-hybridized carbons (Fsp3) is 0.158. The van der Waals surface area contributed by atoms with Gasteiger partial charge >= 0.3 is 0 Å². The van der Waals surface area contributed by atoms with E-state index in [2.05, 4.69) is 18.0 Å². The van der Waals surface area contributed by atoms with E-state index in [1.807, 2.05) is 12.1 Å². The third kappa shape index (κ3) is 3.39. The minimum absolute atomic E-state index is 0.0942. The molecule has 24 heavy (non-hydrogen) atoms. The summed E-state index contributed by atoms with van der Waals surface area (Å²) in [5.74, 6) is 1.77. The van der Waals surface area contributed by atoms with Gasteiger partial charge in [-0.25, -0.2) is 0 Å². The predicted octanol–water partition coefficient (Wildman–Crippen LogP) is 3.48. The van der Waals surface area contributed by atoms with E-state index in [-0.39, 0.29) is 11.9 Å². The first kappa shape index (κ1) is 15.6. The summed E-state index contributed by atoms with van der Waals surface area (Å²) in [7, 11) is 0. The number of fused-ring (bicyclic) bond motifs is 1. The van der Waals surface area contributed by atoms with Crippen LogP contribution >= 0.6 is 0 Å². The Hall–Kier alpha value is -3.26. The lowest BCUT2D eigenvalue weighted by atomic mass is 10.0. The summed E-state index contributed by atoms with van der Waals surface area (Å²) >= 11 is 0. The molecule has 1 unspecified atom stereocenters. The van der Waals surface area contributed by atoms with Crippen LogP contribution in [-0.2, 0) is 4.79 Å². The highest BCUT2D eigenvalue weighted by Crippen LogP contribution is 2.36. The molecule has 1 aliphatic rings. The van der Waals surface area contributed by atoms with Crippen molar-refractivity contribution in [1.29, 1.82) is 5.26 Å². The average Bonchev–Trinajstić information content (AvgIpc) is 2.62. The van der Waals surface area contributed by atoms with Crippen LogP contribution < -0.4 is 14.8 Å². The molecule has 3 rings (SSSR count). The Bertz CT molecular complexity index is 806. The lowest BCUT2D eigenvalue weighted by molar-refractivity contribution is -0.117. The molecule has 5 nitrogen and oxygen atoms in total. The topological polar surface area (TPSA) is 71.3 Å². The predicted molar refractivity (Wildman–Crippen MR) is 88.9 cm³/mol. The Balaban J connectivity index is 1.79. The third-order valence-electron chi connectivity index (χ3n) is 3.75. The first-order chi connectivity index (χ1) is 11.7. The normalized spacial score (nSPS) is 15.4. The molecule has 0 radical (unpaired) electrons. The summed E-state index contributed by atoms with van der Waals surface area (Å²) in [6.07, 6.45) is 1.97. The average molecular weight is 320 g/mol. The lowest BCUT2D eigenvalue weighted by Crippen LogP contribution is -2.30. The minimum Gasteiger partial charge on any atom is -0.493 e. The summed E-state index contributed by atoms with van der Waals surface area (Å²) in [6, 6.07) is 14.4. The lowest BCUT2D eigenvalue weighted by Gasteiger charge is -2.26. The van der Waals surface area contributed by atoms with Crippen molar-refractivity contribution in [3.05, 3.63) is 66.2 Å². The molecule has 2 aromatic carbocycles. The molecule has 0 bridgehead atoms. The largest absolute Gasteiger partial charge is 0.493 e. The second-order valence-corrected chi connectivity index (χ2v) is 5.34. The molecule has 1 atom stereocenters. The van der Waals surface area contributed by atoms with E-state index in [1.165, 1.54) is 6.08 Å². The van der Waals surface area contributed by atoms with Gasteiger partial charge in [0.25, 0.3) is 0 Å². The van der Waals surface area contributed by atoms with Gasteiger partial charge in [-0.2, -0.15) is 5.26 Å². The van der Waals surface area contributed by atoms with Crippen LogP contribution in [-0.4, -0.2) is 12.5 Å². The Morgan fingerprint density at radius 1 is 1.29 bits per heavy atom. The van der Waals surface area contributed by atoms with Gasteiger partial charge in [0.05, 0.1) is 24.3 Å². The van der Waals surface area contributed by atoms with Gasteiger partial charge in [-0.15, -0.1) is 0 Å². The molecule has 0 fully saturated rings. The molecule has 0 saturated carbocycles. The summed E-state index contributed by atoms with van der Waals surface area (Å²) in [6.45, 7) is 4.00. The van der Waals surface area contributed by atoms with Crippen molar-refractivity contribution in [2.24, 2.45) is 0 Å². The van der Waals surface area contributed by atoms with Gasteiger partial charge < -0.3 is 14.8 Å². The number of carbonyl (C=O) groups is 1. The number of nitrogens with zero attached hydrogens (tertiary/aromatic N) is 1. The number of hydrogen-bond acceptors (Lipinski definition) is 4. The van der Waals surface area contributed by atoms with Crippen LogP contribution in [0.4, 0.5) is 0 Å². The second kappa shape index (κ2) is 6.88. The number of nitrogens with one attached hydrogen (secondary N) is 1. The van der Waals surface area contributed by atoms with Crippen LogP contribution in [0, 0.1) is 11.3 Å². The smallest absolute Gasteiger partial charge is 0.243 e. The molecule has 1 aliphatic heterocycles. The molecule has 120 valence electrons. The maximum absolute atomic E-state index is 11.5. The van der Waals surface area contributed by atoms with Gasteiger partial charge in [0, 0.05) is 18.1 Å². The fourth-order valence-corrected chi connectivity index (χ4v) is 2.55. The van der Waals surface area contributed by atoms with Crippen molar-refractivity contribution in [1.82, 2.24) is 5.32 Å². The highest BCUT2D eigenvalue weighted by atomic mass is 16.5. The molecule has 1 N–H and O–H groups in total. The number of rotatable bonds is 4. The van der Waals surface area contributed by atoms with Crippen molar-refractivity contribution in [2.75, 3.05) is 6.61 Å². The van der Waals surface area contributed by atoms with E-state index in [4.69, 9.17) is 14.7 Å². The van der Waals surface area contributed by atoms with Gasteiger partial charge in [0.2, 0.25) is 5.91 Å². The molecule has 0 spiro atoms. The van der Waals surface area contributed by atoms with Gasteiger partial charge in [-0.05, 0) is 42.5 Å². The maximum Gasteiger partial charge on any atom is 0.243 e. The van der Waals surface area contributed by atoms with Crippen LogP contribution in [0.15, 0.2) is 55.1 Å². The summed E-state index contributed by atoms with van der Waals surface area (Å²) in [5, 5.41) is 11.7. The summed E-state index contributed by atoms with van der Waals surface area (Å²) < 4.78 is 11.5. The van der Waals surface area contributed by atoms with Crippen molar-refractivity contribution < 1.29 is 14.3 Å². The van der Waals surface area contributed by atoms with Gasteiger partial charge in [-0.3, -0.25) is 4.79 Å². The van der Waals surface area contributed by atoms with Crippen molar-refractivity contribution in [3.63, 3.8) is 0 Å². The zero-order valence-corrected chi connectivity index (χ0v) is 13.0. The fourth-order valence-electron chi connectivity index (χ4n) is 2.55. The van der Waals surface area contributed by atoms with Crippen LogP contribution in [0.1, 0.15) is 23.6 Å². The first-order valence-electron chi connectivity index (χ1n) is 7.57. The van der Waals surface area contributed by atoms with Crippen molar-refractivity contribution in [3.8, 4) is 23.3 Å². The SMILES string of the molecule is C=CC(=O)NC1CCOc2cc(Oc3ccc(C#N)cc3)ccc21. The highest BCUT2D eigenvalue weighted by molar-refractivity contribution is 5.87. The maximum atomic E-state index is 11.5. The molecule has 2 aromatic rings. The molecule has 5 heteroatoms. The molecular weight excluding hydrogens is 304 g/mol. The molecule has 0 saturated heterocycles. The van der Waals surface area contributed by atoms with Crippen molar-refractivity contribution in [2.45, 2.75) is 12.5 Å². The zero-order chi connectivity index (χ0) is 16.9. The quantitative estimate of drug-likeness (QED) is 0.876. The minimum atomic E-state index is -0.203. The number of ether oxygens (including phenoxy) is 2. The van der Waals surface area contributed by atoms with E-state index in [9.17, 15) is 4.79 Å². The molecular formula is C19H16N2O3. The summed E-state index contributed by atoms with van der Waals surface area (Å²) in [4.78, 5) is 11.5. The van der Waals surface area contributed by atoms with E-state index in [1.54, 1.807) is 30.3 Å². The van der Waals surface area contributed by atoms with E-state index >= 15 is 0 Å². The monoisotopic (exact) mass is 320 g/mol. The molecule has 1 heterocycles. The van der Waals surface area contributed by atoms with Crippen LogP contribution in [0.5, 0.6) is 17.2 Å². The Kier molecular flexibility index (Phi) is 4.48. The number of carbonyl (C=O) groups excluding carboxylic acids is 1. The second-order valence-electron chi connectivity index (χ2n) is 5.34. The Labute approximate surface area is 140 Å². The third-order valence-corrected chi connectivity index (χ3v) is 3.75. The zero-order valence-electron chi connectivity index (χ0n) is 13.0. The van der Waals surface area contributed by atoms with E-state index < -0.39 is 0 Å². The molecule has 0 aromatic heterocycles. The van der Waals surface area contributed by atoms with Crippen molar-refractivity contribution >= 4 is 5.91 Å². The van der Waals surface area contributed by atoms with Crippen LogP contribution in [0.25, 0.3) is 0 Å². The number of hydrogen-bond donors (Lipinski definition) is 1. The van der Waals surface area contributed by atoms with Crippen LogP contribution in [0.3, 0.4) is 0 Å².